The molecule has 6 heteroatoms. The van der Waals surface area contributed by atoms with Gasteiger partial charge in [-0.3, -0.25) is 9.89 Å². The predicted octanol–water partition coefficient (Wildman–Crippen LogP) is 3.75. The summed E-state index contributed by atoms with van der Waals surface area (Å²) < 4.78 is 5.59. The van der Waals surface area contributed by atoms with Crippen molar-refractivity contribution < 1.29 is 9.53 Å². The van der Waals surface area contributed by atoms with Crippen LogP contribution in [0.5, 0.6) is 5.75 Å². The van der Waals surface area contributed by atoms with Gasteiger partial charge in [0.25, 0.3) is 5.91 Å². The van der Waals surface area contributed by atoms with Gasteiger partial charge in [-0.2, -0.15) is 5.10 Å². The largest absolute Gasteiger partial charge is 0.494 e. The summed E-state index contributed by atoms with van der Waals surface area (Å²) in [7, 11) is 1.84. The van der Waals surface area contributed by atoms with Crippen LogP contribution in [0, 0.1) is 6.92 Å². The minimum absolute atomic E-state index is 0.0192. The van der Waals surface area contributed by atoms with E-state index in [0.29, 0.717) is 18.8 Å². The molecule has 0 unspecified atom stereocenters. The molecule has 27 heavy (non-hydrogen) atoms. The maximum Gasteiger partial charge on any atom is 0.270 e. The third-order valence-corrected chi connectivity index (χ3v) is 5.43. The molecule has 0 saturated heterocycles. The third-order valence-electron chi connectivity index (χ3n) is 5.43. The van der Waals surface area contributed by atoms with Gasteiger partial charge in [0.1, 0.15) is 11.4 Å². The van der Waals surface area contributed by atoms with E-state index in [1.807, 2.05) is 39.1 Å². The Kier molecular flexibility index (Phi) is 4.64. The molecule has 6 nitrogen and oxygen atoms in total. The number of carbonyl (C=O) groups is 1. The molecule has 142 valence electrons. The lowest BCUT2D eigenvalue weighted by Crippen LogP contribution is -2.27. The van der Waals surface area contributed by atoms with Crippen molar-refractivity contribution in [2.24, 2.45) is 0 Å². The van der Waals surface area contributed by atoms with Gasteiger partial charge in [0, 0.05) is 23.6 Å². The van der Waals surface area contributed by atoms with Crippen LogP contribution in [-0.2, 0) is 19.4 Å². The van der Waals surface area contributed by atoms with E-state index in [0.717, 1.165) is 40.8 Å². The maximum absolute atomic E-state index is 13.1. The molecule has 1 aliphatic carbocycles. The smallest absolute Gasteiger partial charge is 0.270 e. The second-order valence-corrected chi connectivity index (χ2v) is 7.26. The monoisotopic (exact) mass is 366 g/mol. The average molecular weight is 366 g/mol. The molecule has 2 N–H and O–H groups in total. The Balaban J connectivity index is 1.58. The molecule has 0 aliphatic heterocycles. The number of hydrogen-bond acceptors (Lipinski definition) is 3. The van der Waals surface area contributed by atoms with Crippen molar-refractivity contribution in [2.45, 2.75) is 46.1 Å². The summed E-state index contributed by atoms with van der Waals surface area (Å²) in [5.74, 6) is 0.803. The van der Waals surface area contributed by atoms with Gasteiger partial charge in [0.05, 0.1) is 18.8 Å². The molecule has 0 atom stereocenters. The Labute approximate surface area is 158 Å². The number of benzene rings is 1. The molecule has 2 aromatic heterocycles. The second-order valence-electron chi connectivity index (χ2n) is 7.26. The van der Waals surface area contributed by atoms with Gasteiger partial charge in [0.2, 0.25) is 0 Å². The number of aromatic amines is 2. The Morgan fingerprint density at radius 1 is 1.30 bits per heavy atom. The van der Waals surface area contributed by atoms with Crippen LogP contribution in [-0.4, -0.2) is 39.6 Å². The van der Waals surface area contributed by atoms with Crippen molar-refractivity contribution >= 4 is 16.8 Å². The molecular formula is C21H26N4O2. The highest BCUT2D eigenvalue weighted by Crippen LogP contribution is 2.28. The average Bonchev–Trinajstić information content (AvgIpc) is 3.23. The SMILES string of the molecule is CCOc1ccc2[nH]c(C(=O)N(C)Cc3n[nH]c4c3CCCC4)c(C)c2c1. The molecule has 3 aromatic rings. The van der Waals surface area contributed by atoms with E-state index >= 15 is 0 Å². The lowest BCUT2D eigenvalue weighted by atomic mass is 9.96. The number of aryl methyl sites for hydroxylation is 2. The number of aromatic nitrogens is 3. The van der Waals surface area contributed by atoms with Crippen LogP contribution in [0.15, 0.2) is 18.2 Å². The molecule has 1 aromatic carbocycles. The molecule has 1 aliphatic rings. The molecule has 4 rings (SSSR count). The van der Waals surface area contributed by atoms with Gasteiger partial charge in [-0.25, -0.2) is 0 Å². The van der Waals surface area contributed by atoms with E-state index in [1.54, 1.807) is 4.90 Å². The Bertz CT molecular complexity index is 986. The fraction of sp³-hybridized carbons (Fsp3) is 0.429. The number of rotatable bonds is 5. The zero-order chi connectivity index (χ0) is 19.0. The molecule has 0 saturated carbocycles. The van der Waals surface area contributed by atoms with Crippen molar-refractivity contribution in [1.82, 2.24) is 20.1 Å². The van der Waals surface area contributed by atoms with Crippen LogP contribution in [0.1, 0.15) is 52.8 Å². The standard InChI is InChI=1S/C21H26N4O2/c1-4-27-14-9-10-17-16(11-14)13(2)20(22-17)21(26)25(3)12-19-15-7-5-6-8-18(15)23-24-19/h9-11,22H,4-8,12H2,1-3H3,(H,23,24). The minimum atomic E-state index is -0.0192. The van der Waals surface area contributed by atoms with E-state index in [4.69, 9.17) is 4.74 Å². The Morgan fingerprint density at radius 3 is 2.93 bits per heavy atom. The number of ether oxygens (including phenoxy) is 1. The first-order chi connectivity index (χ1) is 13.1. The summed E-state index contributed by atoms with van der Waals surface area (Å²) >= 11 is 0. The van der Waals surface area contributed by atoms with Gasteiger partial charge in [0.15, 0.2) is 0 Å². The molecule has 0 radical (unpaired) electrons. The molecule has 0 bridgehead atoms. The second kappa shape index (κ2) is 7.10. The summed E-state index contributed by atoms with van der Waals surface area (Å²) in [6.45, 7) is 5.08. The molecule has 1 amide bonds. The summed E-state index contributed by atoms with van der Waals surface area (Å²) in [5.41, 5.74) is 6.06. The summed E-state index contributed by atoms with van der Waals surface area (Å²) in [6.07, 6.45) is 4.51. The van der Waals surface area contributed by atoms with Crippen molar-refractivity contribution in [3.05, 3.63) is 46.4 Å². The van der Waals surface area contributed by atoms with Crippen molar-refractivity contribution in [3.63, 3.8) is 0 Å². The fourth-order valence-electron chi connectivity index (χ4n) is 3.94. The van der Waals surface area contributed by atoms with Gasteiger partial charge >= 0.3 is 0 Å². The summed E-state index contributed by atoms with van der Waals surface area (Å²) in [4.78, 5) is 18.1. The minimum Gasteiger partial charge on any atom is -0.494 e. The molecule has 2 heterocycles. The fourth-order valence-corrected chi connectivity index (χ4v) is 3.94. The van der Waals surface area contributed by atoms with Gasteiger partial charge < -0.3 is 14.6 Å². The number of amides is 1. The highest BCUT2D eigenvalue weighted by Gasteiger charge is 2.22. The zero-order valence-electron chi connectivity index (χ0n) is 16.2. The normalized spacial score (nSPS) is 13.6. The van der Waals surface area contributed by atoms with E-state index < -0.39 is 0 Å². The van der Waals surface area contributed by atoms with Crippen molar-refractivity contribution in [2.75, 3.05) is 13.7 Å². The van der Waals surface area contributed by atoms with Crippen molar-refractivity contribution in [1.29, 1.82) is 0 Å². The van der Waals surface area contributed by atoms with E-state index in [9.17, 15) is 4.79 Å². The number of fused-ring (bicyclic) bond motifs is 2. The van der Waals surface area contributed by atoms with Crippen LogP contribution in [0.25, 0.3) is 10.9 Å². The van der Waals surface area contributed by atoms with Crippen molar-refractivity contribution in [3.8, 4) is 5.75 Å². The summed E-state index contributed by atoms with van der Waals surface area (Å²) in [6, 6.07) is 5.88. The van der Waals surface area contributed by atoms with Gasteiger partial charge in [-0.15, -0.1) is 0 Å². The topological polar surface area (TPSA) is 74.0 Å². The van der Waals surface area contributed by atoms with E-state index in [1.165, 1.54) is 24.1 Å². The van der Waals surface area contributed by atoms with Crippen LogP contribution < -0.4 is 4.74 Å². The third kappa shape index (κ3) is 3.20. The van der Waals surface area contributed by atoms with Crippen LogP contribution in [0.4, 0.5) is 0 Å². The lowest BCUT2D eigenvalue weighted by molar-refractivity contribution is 0.0777. The molecular weight excluding hydrogens is 340 g/mol. The lowest BCUT2D eigenvalue weighted by Gasteiger charge is -2.18. The molecule has 0 fully saturated rings. The first-order valence-electron chi connectivity index (χ1n) is 9.64. The summed E-state index contributed by atoms with van der Waals surface area (Å²) in [5, 5.41) is 8.64. The number of hydrogen-bond donors (Lipinski definition) is 2. The highest BCUT2D eigenvalue weighted by atomic mass is 16.5. The van der Waals surface area contributed by atoms with Gasteiger partial charge in [-0.1, -0.05) is 0 Å². The van der Waals surface area contributed by atoms with Crippen LogP contribution in [0.2, 0.25) is 0 Å². The Hall–Kier alpha value is -2.76. The predicted molar refractivity (Wildman–Crippen MR) is 105 cm³/mol. The Morgan fingerprint density at radius 2 is 2.11 bits per heavy atom. The quantitative estimate of drug-likeness (QED) is 0.722. The number of carbonyl (C=O) groups excluding carboxylic acids is 1. The van der Waals surface area contributed by atoms with Crippen LogP contribution in [0.3, 0.4) is 0 Å². The number of nitrogens with zero attached hydrogens (tertiary/aromatic N) is 2. The van der Waals surface area contributed by atoms with Crippen LogP contribution >= 0.6 is 0 Å². The van der Waals surface area contributed by atoms with Gasteiger partial charge in [-0.05, 0) is 68.9 Å². The number of nitrogens with one attached hydrogen (secondary N) is 2. The zero-order valence-corrected chi connectivity index (χ0v) is 16.2. The van der Waals surface area contributed by atoms with E-state index in [2.05, 4.69) is 15.2 Å². The molecule has 0 spiro atoms. The van der Waals surface area contributed by atoms with E-state index in [-0.39, 0.29) is 5.91 Å². The maximum atomic E-state index is 13.1. The number of H-pyrrole nitrogens is 2. The first kappa shape index (κ1) is 17.6. The highest BCUT2D eigenvalue weighted by molar-refractivity contribution is 6.01. The first-order valence-corrected chi connectivity index (χ1v) is 9.64.